The second-order valence-electron chi connectivity index (χ2n) is 4.80. The summed E-state index contributed by atoms with van der Waals surface area (Å²) in [6, 6.07) is 9.54. The van der Waals surface area contributed by atoms with Crippen LogP contribution in [0, 0.1) is 6.92 Å². The second-order valence-corrected chi connectivity index (χ2v) is 4.80. The van der Waals surface area contributed by atoms with Crippen LogP contribution in [0.4, 0.5) is 0 Å². The van der Waals surface area contributed by atoms with Gasteiger partial charge in [-0.15, -0.1) is 0 Å². The number of pyridine rings is 1. The van der Waals surface area contributed by atoms with Gasteiger partial charge in [0.25, 0.3) is 0 Å². The number of aromatic carboxylic acids is 1. The first kappa shape index (κ1) is 14.1. The van der Waals surface area contributed by atoms with Crippen molar-refractivity contribution in [1.29, 1.82) is 0 Å². The number of carboxylic acids is 1. The third-order valence-corrected chi connectivity index (χ3v) is 3.36. The molecule has 0 saturated heterocycles. The van der Waals surface area contributed by atoms with Gasteiger partial charge in [0.05, 0.1) is 0 Å². The quantitative estimate of drug-likeness (QED) is 0.929. The van der Waals surface area contributed by atoms with Gasteiger partial charge in [0.2, 0.25) is 0 Å². The van der Waals surface area contributed by atoms with Crippen LogP contribution in [0.1, 0.15) is 34.1 Å². The van der Waals surface area contributed by atoms with Gasteiger partial charge in [-0.3, -0.25) is 4.79 Å². The average Bonchev–Trinajstić information content (AvgIpc) is 2.42. The van der Waals surface area contributed by atoms with Crippen molar-refractivity contribution < 1.29 is 9.90 Å². The van der Waals surface area contributed by atoms with Crippen LogP contribution < -0.4 is 5.43 Å². The number of hydrogen-bond donors (Lipinski definition) is 1. The predicted octanol–water partition coefficient (Wildman–Crippen LogP) is 2.47. The lowest BCUT2D eigenvalue weighted by molar-refractivity contribution is 0.0694. The maximum atomic E-state index is 11.6. The summed E-state index contributed by atoms with van der Waals surface area (Å²) >= 11 is 0. The van der Waals surface area contributed by atoms with Crippen LogP contribution in [0.15, 0.2) is 41.3 Å². The zero-order valence-electron chi connectivity index (χ0n) is 11.6. The molecule has 0 amide bonds. The van der Waals surface area contributed by atoms with E-state index in [9.17, 15) is 9.59 Å². The maximum Gasteiger partial charge on any atom is 0.341 e. The summed E-state index contributed by atoms with van der Waals surface area (Å²) in [5.41, 5.74) is 2.44. The zero-order chi connectivity index (χ0) is 14.7. The van der Waals surface area contributed by atoms with Crippen molar-refractivity contribution in [3.63, 3.8) is 0 Å². The standard InChI is InChI=1S/C16H17NO3/c1-3-12-4-6-13(7-5-12)9-17-10-14(16(19)20)15(18)8-11(17)2/h4-8,10H,3,9H2,1-2H3,(H,19,20). The van der Waals surface area contributed by atoms with Gasteiger partial charge in [-0.2, -0.15) is 0 Å². The highest BCUT2D eigenvalue weighted by Crippen LogP contribution is 2.09. The van der Waals surface area contributed by atoms with Crippen LogP contribution in [-0.4, -0.2) is 15.6 Å². The molecule has 0 bridgehead atoms. The largest absolute Gasteiger partial charge is 0.477 e. The Morgan fingerprint density at radius 2 is 1.80 bits per heavy atom. The molecule has 0 fully saturated rings. The molecule has 1 aromatic heterocycles. The molecule has 104 valence electrons. The number of benzene rings is 1. The fraction of sp³-hybridized carbons (Fsp3) is 0.250. The van der Waals surface area contributed by atoms with Crippen LogP contribution in [0.2, 0.25) is 0 Å². The Hall–Kier alpha value is -2.36. The summed E-state index contributed by atoms with van der Waals surface area (Å²) in [6.45, 7) is 4.45. The topological polar surface area (TPSA) is 59.3 Å². The third-order valence-electron chi connectivity index (χ3n) is 3.36. The Bertz CT molecular complexity index is 684. The van der Waals surface area contributed by atoms with E-state index in [2.05, 4.69) is 19.1 Å². The minimum atomic E-state index is -1.19. The van der Waals surface area contributed by atoms with Crippen molar-refractivity contribution in [1.82, 2.24) is 4.57 Å². The van der Waals surface area contributed by atoms with Crippen LogP contribution in [0.3, 0.4) is 0 Å². The number of aryl methyl sites for hydroxylation is 2. The molecule has 2 rings (SSSR count). The minimum Gasteiger partial charge on any atom is -0.477 e. The van der Waals surface area contributed by atoms with Gasteiger partial charge >= 0.3 is 5.97 Å². The smallest absolute Gasteiger partial charge is 0.341 e. The molecule has 0 radical (unpaired) electrons. The van der Waals surface area contributed by atoms with Gasteiger partial charge in [0.1, 0.15) is 5.56 Å². The molecule has 20 heavy (non-hydrogen) atoms. The number of carbonyl (C=O) groups is 1. The summed E-state index contributed by atoms with van der Waals surface area (Å²) in [4.78, 5) is 22.6. The number of rotatable bonds is 4. The van der Waals surface area contributed by atoms with Crippen molar-refractivity contribution in [3.8, 4) is 0 Å². The second kappa shape index (κ2) is 5.74. The van der Waals surface area contributed by atoms with Gasteiger partial charge < -0.3 is 9.67 Å². The van der Waals surface area contributed by atoms with E-state index >= 15 is 0 Å². The molecule has 0 saturated carbocycles. The summed E-state index contributed by atoms with van der Waals surface area (Å²) in [5.74, 6) is -1.19. The fourth-order valence-corrected chi connectivity index (χ4v) is 2.08. The Balaban J connectivity index is 2.34. The van der Waals surface area contributed by atoms with Crippen molar-refractivity contribution in [2.75, 3.05) is 0 Å². The van der Waals surface area contributed by atoms with Crippen molar-refractivity contribution in [2.45, 2.75) is 26.8 Å². The predicted molar refractivity (Wildman–Crippen MR) is 77.3 cm³/mol. The molecule has 2 aromatic rings. The van der Waals surface area contributed by atoms with Crippen molar-refractivity contribution in [3.05, 3.63) is 69.1 Å². The van der Waals surface area contributed by atoms with E-state index in [-0.39, 0.29) is 5.56 Å². The normalized spacial score (nSPS) is 10.5. The van der Waals surface area contributed by atoms with Gasteiger partial charge in [-0.1, -0.05) is 31.2 Å². The molecule has 0 unspecified atom stereocenters. The van der Waals surface area contributed by atoms with E-state index in [4.69, 9.17) is 5.11 Å². The maximum absolute atomic E-state index is 11.6. The SMILES string of the molecule is CCc1ccc(Cn2cc(C(=O)O)c(=O)cc2C)cc1. The molecule has 4 heteroatoms. The van der Waals surface area contributed by atoms with Gasteiger partial charge in [0, 0.05) is 24.5 Å². The lowest BCUT2D eigenvalue weighted by Crippen LogP contribution is -2.19. The van der Waals surface area contributed by atoms with E-state index in [1.807, 2.05) is 12.1 Å². The Morgan fingerprint density at radius 1 is 1.20 bits per heavy atom. The van der Waals surface area contributed by atoms with E-state index in [0.29, 0.717) is 6.54 Å². The number of hydrogen-bond acceptors (Lipinski definition) is 2. The first-order valence-electron chi connectivity index (χ1n) is 6.53. The zero-order valence-corrected chi connectivity index (χ0v) is 11.6. The summed E-state index contributed by atoms with van der Waals surface area (Å²) in [7, 11) is 0. The molecule has 0 atom stereocenters. The molecule has 1 N–H and O–H groups in total. The minimum absolute atomic E-state index is 0.194. The van der Waals surface area contributed by atoms with Crippen LogP contribution >= 0.6 is 0 Å². The molecular formula is C16H17NO3. The van der Waals surface area contributed by atoms with E-state index < -0.39 is 11.4 Å². The van der Waals surface area contributed by atoms with Crippen LogP contribution in [0.5, 0.6) is 0 Å². The van der Waals surface area contributed by atoms with Crippen LogP contribution in [-0.2, 0) is 13.0 Å². The molecular weight excluding hydrogens is 254 g/mol. The first-order valence-corrected chi connectivity index (χ1v) is 6.53. The molecule has 1 aromatic carbocycles. The van der Waals surface area contributed by atoms with E-state index in [1.165, 1.54) is 17.8 Å². The summed E-state index contributed by atoms with van der Waals surface area (Å²) in [5, 5.41) is 9.00. The monoisotopic (exact) mass is 271 g/mol. The lowest BCUT2D eigenvalue weighted by Gasteiger charge is -2.12. The van der Waals surface area contributed by atoms with E-state index in [1.54, 1.807) is 11.5 Å². The number of carboxylic acid groups (broad SMARTS) is 1. The molecule has 0 spiro atoms. The Kier molecular flexibility index (Phi) is 4.03. The average molecular weight is 271 g/mol. The fourth-order valence-electron chi connectivity index (χ4n) is 2.08. The molecule has 4 nitrogen and oxygen atoms in total. The summed E-state index contributed by atoms with van der Waals surface area (Å²) < 4.78 is 1.78. The van der Waals surface area contributed by atoms with Crippen molar-refractivity contribution >= 4 is 5.97 Å². The number of aromatic nitrogens is 1. The molecule has 0 aliphatic carbocycles. The highest BCUT2D eigenvalue weighted by atomic mass is 16.4. The molecule has 1 heterocycles. The van der Waals surface area contributed by atoms with Gasteiger partial charge in [-0.25, -0.2) is 4.79 Å². The Labute approximate surface area is 117 Å². The lowest BCUT2D eigenvalue weighted by atomic mass is 10.1. The third kappa shape index (κ3) is 2.96. The summed E-state index contributed by atoms with van der Waals surface area (Å²) in [6.07, 6.45) is 2.40. The highest BCUT2D eigenvalue weighted by molar-refractivity contribution is 5.87. The molecule has 0 aliphatic rings. The van der Waals surface area contributed by atoms with Crippen LogP contribution in [0.25, 0.3) is 0 Å². The van der Waals surface area contributed by atoms with Gasteiger partial charge in [0.15, 0.2) is 5.43 Å². The highest BCUT2D eigenvalue weighted by Gasteiger charge is 2.10. The van der Waals surface area contributed by atoms with Gasteiger partial charge in [-0.05, 0) is 24.5 Å². The molecule has 0 aliphatic heterocycles. The van der Waals surface area contributed by atoms with Crippen molar-refractivity contribution in [2.24, 2.45) is 0 Å². The number of nitrogens with zero attached hydrogens (tertiary/aromatic N) is 1. The Morgan fingerprint density at radius 3 is 2.35 bits per heavy atom. The van der Waals surface area contributed by atoms with E-state index in [0.717, 1.165) is 17.7 Å². The first-order chi connectivity index (χ1) is 9.51.